The summed E-state index contributed by atoms with van der Waals surface area (Å²) >= 11 is 0. The molecule has 0 spiro atoms. The number of rotatable bonds is 7. The van der Waals surface area contributed by atoms with Gasteiger partial charge in [-0.05, 0) is 168 Å². The lowest BCUT2D eigenvalue weighted by atomic mass is 9.59. The molecular formula is C38H69NO2. The highest BCUT2D eigenvalue weighted by Crippen LogP contribution is 2.52. The van der Waals surface area contributed by atoms with Crippen molar-refractivity contribution in [3.8, 4) is 0 Å². The summed E-state index contributed by atoms with van der Waals surface area (Å²) in [6, 6.07) is 2.41. The lowest BCUT2D eigenvalue weighted by Gasteiger charge is -2.53. The van der Waals surface area contributed by atoms with Gasteiger partial charge >= 0.3 is 0 Å². The maximum Gasteiger partial charge on any atom is 0.0540 e. The second-order valence-electron chi connectivity index (χ2n) is 17.5. The summed E-state index contributed by atoms with van der Waals surface area (Å²) in [6.07, 6.45) is 24.6. The van der Waals surface area contributed by atoms with Gasteiger partial charge in [-0.25, -0.2) is 0 Å². The molecule has 41 heavy (non-hydrogen) atoms. The molecule has 5 rings (SSSR count). The van der Waals surface area contributed by atoms with E-state index in [0.717, 1.165) is 79.3 Å². The van der Waals surface area contributed by atoms with Crippen LogP contribution in [0.5, 0.6) is 0 Å². The molecule has 0 heterocycles. The first kappa shape index (κ1) is 32.3. The second kappa shape index (κ2) is 13.5. The molecule has 2 N–H and O–H groups in total. The fraction of sp³-hybridized carbons (Fsp3) is 1.00. The zero-order valence-electron chi connectivity index (χ0n) is 28.1. The zero-order chi connectivity index (χ0) is 29.4. The van der Waals surface area contributed by atoms with Gasteiger partial charge in [-0.3, -0.25) is 4.90 Å². The maximum absolute atomic E-state index is 10.1. The Kier molecular flexibility index (Phi) is 10.6. The molecular weight excluding hydrogens is 502 g/mol. The van der Waals surface area contributed by atoms with E-state index < -0.39 is 0 Å². The first-order valence-electron chi connectivity index (χ1n) is 18.6. The molecule has 238 valence electrons. The minimum Gasteiger partial charge on any atom is -0.393 e. The van der Waals surface area contributed by atoms with Crippen LogP contribution in [0.1, 0.15) is 164 Å². The third-order valence-electron chi connectivity index (χ3n) is 14.8. The van der Waals surface area contributed by atoms with Crippen molar-refractivity contribution in [3.63, 3.8) is 0 Å². The molecule has 3 unspecified atom stereocenters. The molecule has 0 aromatic carbocycles. The van der Waals surface area contributed by atoms with Gasteiger partial charge in [0.1, 0.15) is 0 Å². The Labute approximate surface area is 255 Å². The first-order chi connectivity index (χ1) is 19.5. The van der Waals surface area contributed by atoms with E-state index in [2.05, 4.69) is 46.4 Å². The molecule has 5 saturated carbocycles. The van der Waals surface area contributed by atoms with Gasteiger partial charge < -0.3 is 10.2 Å². The van der Waals surface area contributed by atoms with Crippen molar-refractivity contribution < 1.29 is 10.2 Å². The SMILES string of the molecule is CC1CCC(N(C2CCC(C(C)(C)C3CCC(O)CC3)CC2)C2CCC(C(C)(C)C3CCC(O)CC3)CC2)CC1C. The number of nitrogens with zero attached hydrogens (tertiary/aromatic N) is 1. The second-order valence-corrected chi connectivity index (χ2v) is 17.5. The summed E-state index contributed by atoms with van der Waals surface area (Å²) in [4.78, 5) is 3.18. The van der Waals surface area contributed by atoms with Gasteiger partial charge in [-0.2, -0.15) is 0 Å². The van der Waals surface area contributed by atoms with Crippen LogP contribution in [0.15, 0.2) is 0 Å². The van der Waals surface area contributed by atoms with Gasteiger partial charge in [0.25, 0.3) is 0 Å². The summed E-state index contributed by atoms with van der Waals surface area (Å²) in [7, 11) is 0. The maximum atomic E-state index is 10.1. The van der Waals surface area contributed by atoms with Crippen molar-refractivity contribution in [1.82, 2.24) is 4.90 Å². The molecule has 5 aliphatic rings. The number of aliphatic hydroxyl groups excluding tert-OH is 2. The Bertz CT molecular complexity index is 737. The Balaban J connectivity index is 1.23. The molecule has 3 atom stereocenters. The Morgan fingerprint density at radius 3 is 1.07 bits per heavy atom. The molecule has 3 nitrogen and oxygen atoms in total. The number of hydrogen-bond acceptors (Lipinski definition) is 3. The van der Waals surface area contributed by atoms with Gasteiger partial charge in [0, 0.05) is 18.1 Å². The summed E-state index contributed by atoms with van der Waals surface area (Å²) in [6.45, 7) is 15.4. The Morgan fingerprint density at radius 2 is 0.732 bits per heavy atom. The normalized spacial score (nSPS) is 43.7. The molecule has 0 saturated heterocycles. The molecule has 3 heteroatoms. The van der Waals surface area contributed by atoms with Crippen molar-refractivity contribution in [2.24, 2.45) is 46.3 Å². The Hall–Kier alpha value is -0.120. The van der Waals surface area contributed by atoms with E-state index in [-0.39, 0.29) is 12.2 Å². The van der Waals surface area contributed by atoms with E-state index in [1.54, 1.807) is 0 Å². The topological polar surface area (TPSA) is 43.7 Å². The van der Waals surface area contributed by atoms with Crippen molar-refractivity contribution in [3.05, 3.63) is 0 Å². The smallest absolute Gasteiger partial charge is 0.0540 e. The number of aliphatic hydroxyl groups is 2. The first-order valence-corrected chi connectivity index (χ1v) is 18.6. The summed E-state index contributed by atoms with van der Waals surface area (Å²) in [5, 5.41) is 20.2. The predicted molar refractivity (Wildman–Crippen MR) is 173 cm³/mol. The molecule has 0 aromatic heterocycles. The zero-order valence-corrected chi connectivity index (χ0v) is 28.1. The Morgan fingerprint density at radius 1 is 0.415 bits per heavy atom. The van der Waals surface area contributed by atoms with E-state index >= 15 is 0 Å². The summed E-state index contributed by atoms with van der Waals surface area (Å²) in [5.74, 6) is 5.08. The van der Waals surface area contributed by atoms with Crippen molar-refractivity contribution in [1.29, 1.82) is 0 Å². The van der Waals surface area contributed by atoms with E-state index in [0.29, 0.717) is 10.8 Å². The van der Waals surface area contributed by atoms with Gasteiger partial charge in [0.05, 0.1) is 12.2 Å². The van der Waals surface area contributed by atoms with E-state index in [1.807, 2.05) is 0 Å². The van der Waals surface area contributed by atoms with Crippen molar-refractivity contribution in [2.75, 3.05) is 0 Å². The van der Waals surface area contributed by atoms with E-state index in [1.165, 1.54) is 96.3 Å². The van der Waals surface area contributed by atoms with Gasteiger partial charge in [-0.15, -0.1) is 0 Å². The standard InChI is InChI=1S/C38H69NO2/c1-26-7-16-34(25-27(26)2)39(32-17-8-28(9-18-32)37(3,4)30-12-21-35(40)22-13-30)33-19-10-29(11-20-33)38(5,6)31-14-23-36(41)24-15-31/h26-36,40-41H,7-25H2,1-6H3. The minimum absolute atomic E-state index is 0.0387. The molecule has 5 aliphatic carbocycles. The highest BCUT2D eigenvalue weighted by molar-refractivity contribution is 4.98. The highest BCUT2D eigenvalue weighted by atomic mass is 16.3. The molecule has 0 amide bonds. The van der Waals surface area contributed by atoms with Crippen LogP contribution in [0.4, 0.5) is 0 Å². The quantitative estimate of drug-likeness (QED) is 0.320. The molecule has 0 aliphatic heterocycles. The van der Waals surface area contributed by atoms with Crippen molar-refractivity contribution in [2.45, 2.75) is 194 Å². The van der Waals surface area contributed by atoms with E-state index in [9.17, 15) is 10.2 Å². The van der Waals surface area contributed by atoms with Crippen LogP contribution < -0.4 is 0 Å². The monoisotopic (exact) mass is 572 g/mol. The lowest BCUT2D eigenvalue weighted by Crippen LogP contribution is -2.54. The van der Waals surface area contributed by atoms with Crippen LogP contribution in [0.3, 0.4) is 0 Å². The number of hydrogen-bond donors (Lipinski definition) is 2. The van der Waals surface area contributed by atoms with Crippen LogP contribution in [0, 0.1) is 46.3 Å². The van der Waals surface area contributed by atoms with Crippen molar-refractivity contribution >= 4 is 0 Å². The van der Waals surface area contributed by atoms with E-state index in [4.69, 9.17) is 0 Å². The third-order valence-corrected chi connectivity index (χ3v) is 14.8. The van der Waals surface area contributed by atoms with Gasteiger partial charge in [0.15, 0.2) is 0 Å². The highest BCUT2D eigenvalue weighted by Gasteiger charge is 2.46. The lowest BCUT2D eigenvalue weighted by molar-refractivity contribution is -0.0394. The van der Waals surface area contributed by atoms with Gasteiger partial charge in [-0.1, -0.05) is 41.5 Å². The van der Waals surface area contributed by atoms with Crippen LogP contribution in [-0.2, 0) is 0 Å². The average molecular weight is 572 g/mol. The van der Waals surface area contributed by atoms with Crippen LogP contribution >= 0.6 is 0 Å². The van der Waals surface area contributed by atoms with Crippen LogP contribution in [-0.4, -0.2) is 45.4 Å². The molecule has 0 aromatic rings. The minimum atomic E-state index is -0.0387. The summed E-state index contributed by atoms with van der Waals surface area (Å²) < 4.78 is 0. The van der Waals surface area contributed by atoms with Crippen LogP contribution in [0.2, 0.25) is 0 Å². The molecule has 0 bridgehead atoms. The summed E-state index contributed by atoms with van der Waals surface area (Å²) in [5.41, 5.74) is 0.840. The van der Waals surface area contributed by atoms with Gasteiger partial charge in [0.2, 0.25) is 0 Å². The average Bonchev–Trinajstić information content (AvgIpc) is 2.96. The fourth-order valence-electron chi connectivity index (χ4n) is 11.2. The fourth-order valence-corrected chi connectivity index (χ4v) is 11.2. The largest absolute Gasteiger partial charge is 0.393 e. The van der Waals surface area contributed by atoms with Crippen LogP contribution in [0.25, 0.3) is 0 Å². The molecule has 5 fully saturated rings. The third kappa shape index (κ3) is 7.24. The predicted octanol–water partition coefficient (Wildman–Crippen LogP) is 9.39. The molecule has 0 radical (unpaired) electrons.